The largest absolute Gasteiger partial charge is 0.355 e. The molecule has 0 atom stereocenters. The average Bonchev–Trinajstić information content (AvgIpc) is 3.29. The monoisotopic (exact) mass is 401 g/mol. The third-order valence-corrected chi connectivity index (χ3v) is 4.80. The molecule has 2 aromatic carbocycles. The SMILES string of the molecule is CCc1ccc(CN(C(=O)c2cc(-c3ccc(F)cc3)on2)c2ccccn2)cc1. The highest BCUT2D eigenvalue weighted by Gasteiger charge is 2.23. The maximum absolute atomic E-state index is 13.3. The highest BCUT2D eigenvalue weighted by molar-refractivity contribution is 6.04. The topological polar surface area (TPSA) is 59.2 Å². The number of hydrogen-bond donors (Lipinski definition) is 0. The fourth-order valence-corrected chi connectivity index (χ4v) is 3.10. The number of carbonyl (C=O) groups excluding carboxylic acids is 1. The van der Waals surface area contributed by atoms with Gasteiger partial charge in [0.25, 0.3) is 5.91 Å². The molecular weight excluding hydrogens is 381 g/mol. The molecule has 0 aliphatic rings. The summed E-state index contributed by atoms with van der Waals surface area (Å²) in [6, 6.07) is 20.9. The minimum Gasteiger partial charge on any atom is -0.355 e. The summed E-state index contributed by atoms with van der Waals surface area (Å²) in [6.07, 6.45) is 2.59. The van der Waals surface area contributed by atoms with E-state index in [1.54, 1.807) is 41.4 Å². The van der Waals surface area contributed by atoms with Gasteiger partial charge in [0.2, 0.25) is 0 Å². The van der Waals surface area contributed by atoms with E-state index in [-0.39, 0.29) is 17.4 Å². The summed E-state index contributed by atoms with van der Waals surface area (Å²) in [5.41, 5.74) is 3.01. The Morgan fingerprint density at radius 1 is 1.00 bits per heavy atom. The van der Waals surface area contributed by atoms with Gasteiger partial charge in [0.15, 0.2) is 11.5 Å². The standard InChI is InChI=1S/C24H20FN3O2/c1-2-17-6-8-18(9-7-17)16-28(23-5-3-4-14-26-23)24(29)21-15-22(30-27-21)19-10-12-20(25)13-11-19/h3-15H,2,16H2,1H3. The quantitative estimate of drug-likeness (QED) is 0.441. The summed E-state index contributed by atoms with van der Waals surface area (Å²) in [4.78, 5) is 19.2. The first-order valence-corrected chi connectivity index (χ1v) is 9.67. The number of halogens is 1. The molecule has 30 heavy (non-hydrogen) atoms. The number of rotatable bonds is 6. The summed E-state index contributed by atoms with van der Waals surface area (Å²) < 4.78 is 18.5. The van der Waals surface area contributed by atoms with Crippen LogP contribution in [0.15, 0.2) is 83.5 Å². The number of carbonyl (C=O) groups is 1. The van der Waals surface area contributed by atoms with Gasteiger partial charge in [0.05, 0.1) is 6.54 Å². The van der Waals surface area contributed by atoms with Crippen LogP contribution < -0.4 is 4.90 Å². The third-order valence-electron chi connectivity index (χ3n) is 4.80. The Kier molecular flexibility index (Phi) is 5.66. The van der Waals surface area contributed by atoms with Gasteiger partial charge in [-0.1, -0.05) is 42.4 Å². The van der Waals surface area contributed by atoms with E-state index >= 15 is 0 Å². The molecule has 4 rings (SSSR count). The van der Waals surface area contributed by atoms with Crippen molar-refractivity contribution in [3.63, 3.8) is 0 Å². The Hall–Kier alpha value is -3.80. The molecule has 0 N–H and O–H groups in total. The molecule has 1 amide bonds. The van der Waals surface area contributed by atoms with E-state index in [2.05, 4.69) is 29.2 Å². The van der Waals surface area contributed by atoms with Crippen molar-refractivity contribution in [3.8, 4) is 11.3 Å². The average molecular weight is 401 g/mol. The van der Waals surface area contributed by atoms with Gasteiger partial charge in [-0.2, -0.15) is 0 Å². The highest BCUT2D eigenvalue weighted by atomic mass is 19.1. The van der Waals surface area contributed by atoms with E-state index in [1.165, 1.54) is 17.7 Å². The lowest BCUT2D eigenvalue weighted by Crippen LogP contribution is -2.31. The smallest absolute Gasteiger partial charge is 0.281 e. The molecule has 2 aromatic heterocycles. The van der Waals surface area contributed by atoms with Crippen LogP contribution in [-0.4, -0.2) is 16.0 Å². The highest BCUT2D eigenvalue weighted by Crippen LogP contribution is 2.23. The lowest BCUT2D eigenvalue weighted by Gasteiger charge is -2.20. The van der Waals surface area contributed by atoms with Crippen LogP contribution in [0.5, 0.6) is 0 Å². The number of aryl methyl sites for hydroxylation is 1. The zero-order valence-electron chi connectivity index (χ0n) is 16.5. The fraction of sp³-hybridized carbons (Fsp3) is 0.125. The van der Waals surface area contributed by atoms with Crippen molar-refractivity contribution in [2.24, 2.45) is 0 Å². The molecule has 0 unspecified atom stereocenters. The molecule has 6 heteroatoms. The van der Waals surface area contributed by atoms with Crippen molar-refractivity contribution in [2.45, 2.75) is 19.9 Å². The van der Waals surface area contributed by atoms with Crippen LogP contribution in [0, 0.1) is 5.82 Å². The van der Waals surface area contributed by atoms with Gasteiger partial charge in [-0.05, 0) is 53.9 Å². The van der Waals surface area contributed by atoms with E-state index in [1.807, 2.05) is 18.2 Å². The Morgan fingerprint density at radius 3 is 2.40 bits per heavy atom. The van der Waals surface area contributed by atoms with Crippen LogP contribution >= 0.6 is 0 Å². The first-order chi connectivity index (χ1) is 14.6. The molecule has 0 saturated carbocycles. The predicted molar refractivity (Wildman–Crippen MR) is 112 cm³/mol. The van der Waals surface area contributed by atoms with E-state index in [4.69, 9.17) is 4.52 Å². The summed E-state index contributed by atoms with van der Waals surface area (Å²) >= 11 is 0. The van der Waals surface area contributed by atoms with Crippen molar-refractivity contribution in [3.05, 3.63) is 102 Å². The van der Waals surface area contributed by atoms with Crippen LogP contribution in [0.4, 0.5) is 10.2 Å². The van der Waals surface area contributed by atoms with Gasteiger partial charge in [-0.15, -0.1) is 0 Å². The molecule has 0 spiro atoms. The van der Waals surface area contributed by atoms with E-state index in [9.17, 15) is 9.18 Å². The first kappa shape index (κ1) is 19.5. The molecule has 0 fully saturated rings. The molecule has 0 aliphatic heterocycles. The number of nitrogens with zero attached hydrogens (tertiary/aromatic N) is 3. The molecule has 5 nitrogen and oxygen atoms in total. The Morgan fingerprint density at radius 2 is 1.73 bits per heavy atom. The van der Waals surface area contributed by atoms with Crippen LogP contribution in [-0.2, 0) is 13.0 Å². The van der Waals surface area contributed by atoms with Crippen molar-refractivity contribution < 1.29 is 13.7 Å². The second-order valence-corrected chi connectivity index (χ2v) is 6.83. The normalized spacial score (nSPS) is 10.7. The number of pyridine rings is 1. The van der Waals surface area contributed by atoms with E-state index < -0.39 is 0 Å². The molecular formula is C24H20FN3O2. The van der Waals surface area contributed by atoms with E-state index in [0.29, 0.717) is 23.7 Å². The van der Waals surface area contributed by atoms with Crippen LogP contribution in [0.25, 0.3) is 11.3 Å². The lowest BCUT2D eigenvalue weighted by atomic mass is 10.1. The Labute approximate surface area is 173 Å². The van der Waals surface area contributed by atoms with Crippen molar-refractivity contribution in [1.82, 2.24) is 10.1 Å². The fourth-order valence-electron chi connectivity index (χ4n) is 3.10. The number of aromatic nitrogens is 2. The summed E-state index contributed by atoms with van der Waals surface area (Å²) in [7, 11) is 0. The molecule has 4 aromatic rings. The van der Waals surface area contributed by atoms with Crippen molar-refractivity contribution in [2.75, 3.05) is 4.90 Å². The van der Waals surface area contributed by atoms with Crippen molar-refractivity contribution in [1.29, 1.82) is 0 Å². The Bertz CT molecular complexity index is 1120. The molecule has 150 valence electrons. The van der Waals surface area contributed by atoms with Gasteiger partial charge in [-0.3, -0.25) is 9.69 Å². The predicted octanol–water partition coefficient (Wildman–Crippen LogP) is 5.29. The van der Waals surface area contributed by atoms with E-state index in [0.717, 1.165) is 12.0 Å². The van der Waals surface area contributed by atoms with Crippen LogP contribution in [0.3, 0.4) is 0 Å². The van der Waals surface area contributed by atoms with Gasteiger partial charge in [0, 0.05) is 17.8 Å². The van der Waals surface area contributed by atoms with Gasteiger partial charge in [0.1, 0.15) is 11.6 Å². The maximum atomic E-state index is 13.3. The summed E-state index contributed by atoms with van der Waals surface area (Å²) in [5, 5.41) is 3.94. The summed E-state index contributed by atoms with van der Waals surface area (Å²) in [6.45, 7) is 2.45. The third kappa shape index (κ3) is 4.27. The number of hydrogen-bond acceptors (Lipinski definition) is 4. The lowest BCUT2D eigenvalue weighted by molar-refractivity contribution is 0.0975. The van der Waals surface area contributed by atoms with Gasteiger partial charge < -0.3 is 4.52 Å². The second-order valence-electron chi connectivity index (χ2n) is 6.83. The molecule has 0 bridgehead atoms. The molecule has 0 saturated heterocycles. The minimum absolute atomic E-state index is 0.158. The minimum atomic E-state index is -0.343. The number of amides is 1. The molecule has 0 radical (unpaired) electrons. The molecule has 0 aliphatic carbocycles. The summed E-state index contributed by atoms with van der Waals surface area (Å²) in [5.74, 6) is 0.246. The maximum Gasteiger partial charge on any atom is 0.281 e. The number of anilines is 1. The van der Waals surface area contributed by atoms with Crippen LogP contribution in [0.2, 0.25) is 0 Å². The zero-order chi connectivity index (χ0) is 20.9. The zero-order valence-corrected chi connectivity index (χ0v) is 16.5. The van der Waals surface area contributed by atoms with Crippen LogP contribution in [0.1, 0.15) is 28.5 Å². The van der Waals surface area contributed by atoms with Crippen molar-refractivity contribution >= 4 is 11.7 Å². The molecule has 2 heterocycles. The Balaban J connectivity index is 1.63. The first-order valence-electron chi connectivity index (χ1n) is 9.67. The number of benzene rings is 2. The second kappa shape index (κ2) is 8.69. The van der Waals surface area contributed by atoms with Gasteiger partial charge >= 0.3 is 0 Å². The van der Waals surface area contributed by atoms with Gasteiger partial charge in [-0.25, -0.2) is 9.37 Å².